The molecule has 4 nitrogen and oxygen atoms in total. The zero-order chi connectivity index (χ0) is 18.0. The standard InChI is InChI=1S/C19H17ClN2O2S/c1-13-11-17(9-10-18(13)15-6-4-7-16(20)12-15)25(23,24)22-19-8-3-5-14(2)21-19/h3-12H,1-2H3,(H,21,22). The molecule has 3 aromatic rings. The lowest BCUT2D eigenvalue weighted by Crippen LogP contribution is -2.14. The van der Waals surface area contributed by atoms with Crippen molar-refractivity contribution >= 4 is 27.4 Å². The Hall–Kier alpha value is -2.37. The molecule has 1 aromatic heterocycles. The lowest BCUT2D eigenvalue weighted by molar-refractivity contribution is 0.601. The van der Waals surface area contributed by atoms with Crippen LogP contribution in [0.15, 0.2) is 65.6 Å². The summed E-state index contributed by atoms with van der Waals surface area (Å²) < 4.78 is 27.7. The molecule has 25 heavy (non-hydrogen) atoms. The zero-order valence-electron chi connectivity index (χ0n) is 13.8. The minimum absolute atomic E-state index is 0.194. The normalized spacial score (nSPS) is 11.3. The Morgan fingerprint density at radius 3 is 2.40 bits per heavy atom. The van der Waals surface area contributed by atoms with E-state index < -0.39 is 10.0 Å². The van der Waals surface area contributed by atoms with Crippen molar-refractivity contribution in [3.8, 4) is 11.1 Å². The zero-order valence-corrected chi connectivity index (χ0v) is 15.4. The summed E-state index contributed by atoms with van der Waals surface area (Å²) in [4.78, 5) is 4.37. The summed E-state index contributed by atoms with van der Waals surface area (Å²) in [7, 11) is -3.70. The highest BCUT2D eigenvalue weighted by Gasteiger charge is 2.16. The number of sulfonamides is 1. The van der Waals surface area contributed by atoms with E-state index in [0.29, 0.717) is 10.8 Å². The summed E-state index contributed by atoms with van der Waals surface area (Å²) in [6.07, 6.45) is 0. The number of aryl methyl sites for hydroxylation is 2. The molecule has 128 valence electrons. The van der Waals surface area contributed by atoms with E-state index in [1.165, 1.54) is 0 Å². The van der Waals surface area contributed by atoms with E-state index in [4.69, 9.17) is 11.6 Å². The minimum atomic E-state index is -3.70. The van der Waals surface area contributed by atoms with Gasteiger partial charge in [-0.15, -0.1) is 0 Å². The largest absolute Gasteiger partial charge is 0.263 e. The van der Waals surface area contributed by atoms with Crippen LogP contribution in [0.3, 0.4) is 0 Å². The third-order valence-corrected chi connectivity index (χ3v) is 5.36. The third kappa shape index (κ3) is 4.00. The van der Waals surface area contributed by atoms with Gasteiger partial charge >= 0.3 is 0 Å². The van der Waals surface area contributed by atoms with Crippen LogP contribution < -0.4 is 4.72 Å². The molecule has 0 spiro atoms. The Bertz CT molecular complexity index is 1030. The van der Waals surface area contributed by atoms with E-state index in [1.807, 2.05) is 38.1 Å². The topological polar surface area (TPSA) is 59.1 Å². The molecule has 0 aliphatic carbocycles. The van der Waals surface area contributed by atoms with Crippen molar-refractivity contribution in [2.24, 2.45) is 0 Å². The maximum Gasteiger partial charge on any atom is 0.263 e. The maximum absolute atomic E-state index is 12.6. The fraction of sp³-hybridized carbons (Fsp3) is 0.105. The molecule has 1 heterocycles. The summed E-state index contributed by atoms with van der Waals surface area (Å²) in [5.41, 5.74) is 3.48. The van der Waals surface area contributed by atoms with Crippen LogP contribution in [0.5, 0.6) is 0 Å². The molecule has 1 N–H and O–H groups in total. The predicted octanol–water partition coefficient (Wildman–Crippen LogP) is 4.82. The quantitative estimate of drug-likeness (QED) is 0.714. The van der Waals surface area contributed by atoms with Gasteiger partial charge in [-0.1, -0.05) is 35.9 Å². The van der Waals surface area contributed by atoms with E-state index in [-0.39, 0.29) is 4.90 Å². The number of hydrogen-bond acceptors (Lipinski definition) is 3. The van der Waals surface area contributed by atoms with E-state index in [1.54, 1.807) is 36.4 Å². The Morgan fingerprint density at radius 2 is 1.72 bits per heavy atom. The predicted molar refractivity (Wildman–Crippen MR) is 101 cm³/mol. The fourth-order valence-electron chi connectivity index (χ4n) is 2.58. The van der Waals surface area contributed by atoms with Crippen LogP contribution in [-0.4, -0.2) is 13.4 Å². The van der Waals surface area contributed by atoms with Gasteiger partial charge < -0.3 is 0 Å². The molecule has 0 radical (unpaired) electrons. The summed E-state index contributed by atoms with van der Waals surface area (Å²) >= 11 is 6.04. The molecule has 0 saturated carbocycles. The lowest BCUT2D eigenvalue weighted by Gasteiger charge is -2.11. The molecule has 2 aromatic carbocycles. The molecule has 0 fully saturated rings. The Balaban J connectivity index is 1.94. The highest BCUT2D eigenvalue weighted by molar-refractivity contribution is 7.92. The molecule has 0 bridgehead atoms. The van der Waals surface area contributed by atoms with E-state index in [9.17, 15) is 8.42 Å². The van der Waals surface area contributed by atoms with Crippen LogP contribution in [-0.2, 0) is 10.0 Å². The SMILES string of the molecule is Cc1cccc(NS(=O)(=O)c2ccc(-c3cccc(Cl)c3)c(C)c2)n1. The number of pyridine rings is 1. The number of nitrogens with one attached hydrogen (secondary N) is 1. The van der Waals surface area contributed by atoms with Crippen molar-refractivity contribution in [2.75, 3.05) is 4.72 Å². The van der Waals surface area contributed by atoms with Crippen LogP contribution in [0.25, 0.3) is 11.1 Å². The van der Waals surface area contributed by atoms with Gasteiger partial charge in [0.2, 0.25) is 0 Å². The fourth-order valence-corrected chi connectivity index (χ4v) is 3.86. The van der Waals surface area contributed by atoms with Crippen molar-refractivity contribution in [2.45, 2.75) is 18.7 Å². The van der Waals surface area contributed by atoms with Crippen molar-refractivity contribution in [3.63, 3.8) is 0 Å². The van der Waals surface area contributed by atoms with Crippen LogP contribution in [0.1, 0.15) is 11.3 Å². The Morgan fingerprint density at radius 1 is 0.960 bits per heavy atom. The second-order valence-corrected chi connectivity index (χ2v) is 7.88. The number of rotatable bonds is 4. The average molecular weight is 373 g/mol. The summed E-state index contributed by atoms with van der Waals surface area (Å²) in [6.45, 7) is 3.68. The van der Waals surface area contributed by atoms with Crippen molar-refractivity contribution in [3.05, 3.63) is 76.9 Å². The van der Waals surface area contributed by atoms with Gasteiger partial charge in [0.1, 0.15) is 5.82 Å². The summed E-state index contributed by atoms with van der Waals surface area (Å²) in [5.74, 6) is 0.302. The van der Waals surface area contributed by atoms with Crippen molar-refractivity contribution in [1.29, 1.82) is 0 Å². The minimum Gasteiger partial charge on any atom is -0.263 e. The van der Waals surface area contributed by atoms with Gasteiger partial charge in [0.15, 0.2) is 0 Å². The van der Waals surface area contributed by atoms with Crippen LogP contribution in [0.2, 0.25) is 5.02 Å². The maximum atomic E-state index is 12.6. The van der Waals surface area contributed by atoms with Crippen molar-refractivity contribution < 1.29 is 8.42 Å². The molecule has 6 heteroatoms. The highest BCUT2D eigenvalue weighted by Crippen LogP contribution is 2.28. The molecular weight excluding hydrogens is 356 g/mol. The van der Waals surface area contributed by atoms with Crippen molar-refractivity contribution in [1.82, 2.24) is 4.98 Å². The second-order valence-electron chi connectivity index (χ2n) is 5.76. The smallest absolute Gasteiger partial charge is 0.263 e. The van der Waals surface area contributed by atoms with Crippen LogP contribution in [0.4, 0.5) is 5.82 Å². The number of hydrogen-bond donors (Lipinski definition) is 1. The molecular formula is C19H17ClN2O2S. The Kier molecular flexibility index (Phi) is 4.79. The van der Waals surface area contributed by atoms with Crippen LogP contribution >= 0.6 is 11.6 Å². The number of aromatic nitrogens is 1. The first kappa shape index (κ1) is 17.5. The first-order chi connectivity index (χ1) is 11.8. The van der Waals surface area contributed by atoms with Gasteiger partial charge in [0.05, 0.1) is 4.90 Å². The molecule has 0 aliphatic rings. The third-order valence-electron chi connectivity index (χ3n) is 3.77. The highest BCUT2D eigenvalue weighted by atomic mass is 35.5. The first-order valence-electron chi connectivity index (χ1n) is 7.68. The van der Waals surface area contributed by atoms with E-state index in [0.717, 1.165) is 22.4 Å². The van der Waals surface area contributed by atoms with Gasteiger partial charge in [-0.05, 0) is 66.9 Å². The molecule has 0 atom stereocenters. The number of nitrogens with zero attached hydrogens (tertiary/aromatic N) is 1. The number of anilines is 1. The Labute approximate surface area is 152 Å². The lowest BCUT2D eigenvalue weighted by atomic mass is 10.0. The van der Waals surface area contributed by atoms with E-state index >= 15 is 0 Å². The molecule has 0 saturated heterocycles. The van der Waals surface area contributed by atoms with Gasteiger partial charge in [-0.25, -0.2) is 13.4 Å². The summed E-state index contributed by atoms with van der Waals surface area (Å²) in [5, 5.41) is 0.640. The van der Waals surface area contributed by atoms with E-state index in [2.05, 4.69) is 9.71 Å². The monoisotopic (exact) mass is 372 g/mol. The molecule has 0 aliphatic heterocycles. The number of benzene rings is 2. The average Bonchev–Trinajstić information content (AvgIpc) is 2.54. The summed E-state index contributed by atoms with van der Waals surface area (Å²) in [6, 6.07) is 17.7. The first-order valence-corrected chi connectivity index (χ1v) is 9.54. The molecule has 0 amide bonds. The molecule has 0 unspecified atom stereocenters. The van der Waals surface area contributed by atoms with Gasteiger partial charge in [0, 0.05) is 10.7 Å². The van der Waals surface area contributed by atoms with Gasteiger partial charge in [0.25, 0.3) is 10.0 Å². The van der Waals surface area contributed by atoms with Crippen LogP contribution in [0, 0.1) is 13.8 Å². The molecule has 3 rings (SSSR count). The number of halogens is 1. The van der Waals surface area contributed by atoms with Gasteiger partial charge in [-0.2, -0.15) is 0 Å². The second kappa shape index (κ2) is 6.86. The van der Waals surface area contributed by atoms with Gasteiger partial charge in [-0.3, -0.25) is 4.72 Å².